The molecule has 1 aliphatic heterocycles. The summed E-state index contributed by atoms with van der Waals surface area (Å²) in [7, 11) is 0. The van der Waals surface area contributed by atoms with E-state index in [2.05, 4.69) is 5.32 Å². The Morgan fingerprint density at radius 1 is 1.35 bits per heavy atom. The van der Waals surface area contributed by atoms with Crippen molar-refractivity contribution in [3.63, 3.8) is 0 Å². The maximum Gasteiger partial charge on any atom is 0.239 e. The number of hydrogen-bond acceptors (Lipinski definition) is 4. The number of ether oxygens (including phenoxy) is 2. The lowest BCUT2D eigenvalue weighted by Gasteiger charge is -2.15. The summed E-state index contributed by atoms with van der Waals surface area (Å²) < 4.78 is 10.5. The molecule has 5 heteroatoms. The predicted octanol–water partition coefficient (Wildman–Crippen LogP) is 0.694. The van der Waals surface area contributed by atoms with Gasteiger partial charge in [0.15, 0.2) is 11.5 Å². The van der Waals surface area contributed by atoms with Crippen molar-refractivity contribution < 1.29 is 14.3 Å². The molecule has 1 aromatic carbocycles. The van der Waals surface area contributed by atoms with Crippen molar-refractivity contribution in [1.82, 2.24) is 5.32 Å². The van der Waals surface area contributed by atoms with E-state index >= 15 is 0 Å². The molecule has 1 unspecified atom stereocenters. The van der Waals surface area contributed by atoms with Crippen LogP contribution in [0.2, 0.25) is 0 Å². The summed E-state index contributed by atoms with van der Waals surface area (Å²) >= 11 is 0. The highest BCUT2D eigenvalue weighted by Gasteiger charge is 2.29. The number of carbonyl (C=O) groups excluding carboxylic acids is 1. The van der Waals surface area contributed by atoms with Gasteiger partial charge in [-0.05, 0) is 30.5 Å². The van der Waals surface area contributed by atoms with E-state index in [0.29, 0.717) is 17.5 Å². The molecule has 1 fully saturated rings. The quantitative estimate of drug-likeness (QED) is 0.804. The van der Waals surface area contributed by atoms with Crippen LogP contribution in [0.25, 0.3) is 0 Å². The highest BCUT2D eigenvalue weighted by Crippen LogP contribution is 2.35. The Balaban J connectivity index is 1.86. The van der Waals surface area contributed by atoms with Gasteiger partial charge in [0.05, 0.1) is 0 Å². The van der Waals surface area contributed by atoms with Crippen LogP contribution in [0.1, 0.15) is 24.4 Å². The number of fused-ring (bicyclic) bond motifs is 1. The monoisotopic (exact) mass is 234 g/mol. The van der Waals surface area contributed by atoms with Crippen molar-refractivity contribution in [2.75, 3.05) is 6.79 Å². The van der Waals surface area contributed by atoms with E-state index < -0.39 is 6.04 Å². The number of benzene rings is 1. The first-order valence-electron chi connectivity index (χ1n) is 5.69. The summed E-state index contributed by atoms with van der Waals surface area (Å²) in [5.74, 6) is 1.02. The predicted molar refractivity (Wildman–Crippen MR) is 60.7 cm³/mol. The minimum absolute atomic E-state index is 0.232. The summed E-state index contributed by atoms with van der Waals surface area (Å²) in [6.45, 7) is 0.232. The van der Waals surface area contributed by atoms with Gasteiger partial charge in [-0.15, -0.1) is 0 Å². The van der Waals surface area contributed by atoms with E-state index in [1.54, 1.807) is 0 Å². The van der Waals surface area contributed by atoms with E-state index in [1.807, 2.05) is 18.2 Å². The van der Waals surface area contributed by atoms with Crippen LogP contribution in [0, 0.1) is 0 Å². The van der Waals surface area contributed by atoms with Gasteiger partial charge in [-0.3, -0.25) is 10.1 Å². The molecule has 2 aliphatic rings. The standard InChI is InChI=1S/C12H14N2O3/c13-12(15)11(14-8-2-3-8)7-1-4-9-10(5-7)17-6-16-9/h1,4-5,8,11,14H,2-3,6H2,(H2,13,15). The van der Waals surface area contributed by atoms with Crippen LogP contribution in [0.5, 0.6) is 11.5 Å². The van der Waals surface area contributed by atoms with Crippen LogP contribution >= 0.6 is 0 Å². The Labute approximate surface area is 98.9 Å². The van der Waals surface area contributed by atoms with E-state index in [4.69, 9.17) is 15.2 Å². The van der Waals surface area contributed by atoms with Gasteiger partial charge in [0.25, 0.3) is 0 Å². The number of nitrogens with two attached hydrogens (primary N) is 1. The number of rotatable bonds is 4. The molecule has 0 spiro atoms. The third-order valence-electron chi connectivity index (χ3n) is 2.99. The fourth-order valence-corrected chi connectivity index (χ4v) is 1.92. The first-order valence-corrected chi connectivity index (χ1v) is 5.69. The number of amides is 1. The average molecular weight is 234 g/mol. The molecule has 0 bridgehead atoms. The van der Waals surface area contributed by atoms with Crippen LogP contribution in [-0.2, 0) is 4.79 Å². The second-order valence-electron chi connectivity index (χ2n) is 4.39. The van der Waals surface area contributed by atoms with Gasteiger partial charge >= 0.3 is 0 Å². The summed E-state index contributed by atoms with van der Waals surface area (Å²) in [5.41, 5.74) is 6.24. The number of hydrogen-bond donors (Lipinski definition) is 2. The summed E-state index contributed by atoms with van der Waals surface area (Å²) in [6, 6.07) is 5.43. The van der Waals surface area contributed by atoms with Crippen LogP contribution in [0.3, 0.4) is 0 Å². The average Bonchev–Trinajstić information content (AvgIpc) is 3.01. The third kappa shape index (κ3) is 2.06. The van der Waals surface area contributed by atoms with Crippen molar-refractivity contribution in [3.8, 4) is 11.5 Å². The van der Waals surface area contributed by atoms with Crippen molar-refractivity contribution in [2.45, 2.75) is 24.9 Å². The van der Waals surface area contributed by atoms with Crippen LogP contribution in [0.4, 0.5) is 0 Å². The highest BCUT2D eigenvalue weighted by molar-refractivity contribution is 5.81. The van der Waals surface area contributed by atoms with E-state index in [1.165, 1.54) is 0 Å². The third-order valence-corrected chi connectivity index (χ3v) is 2.99. The fourth-order valence-electron chi connectivity index (χ4n) is 1.92. The topological polar surface area (TPSA) is 73.6 Å². The molecule has 90 valence electrons. The number of primary amides is 1. The molecule has 1 amide bonds. The lowest BCUT2D eigenvalue weighted by Crippen LogP contribution is -2.34. The zero-order valence-corrected chi connectivity index (χ0v) is 9.31. The Bertz CT molecular complexity index is 457. The molecular formula is C12H14N2O3. The molecule has 0 aromatic heterocycles. The van der Waals surface area contributed by atoms with Crippen molar-refractivity contribution in [3.05, 3.63) is 23.8 Å². The SMILES string of the molecule is NC(=O)C(NC1CC1)c1ccc2c(c1)OCO2. The minimum atomic E-state index is -0.447. The zero-order chi connectivity index (χ0) is 11.8. The van der Waals surface area contributed by atoms with Crippen LogP contribution in [0.15, 0.2) is 18.2 Å². The molecule has 1 aromatic rings. The maximum atomic E-state index is 11.5. The van der Waals surface area contributed by atoms with Gasteiger partial charge in [-0.2, -0.15) is 0 Å². The molecule has 0 radical (unpaired) electrons. The van der Waals surface area contributed by atoms with Crippen molar-refractivity contribution >= 4 is 5.91 Å². The Hall–Kier alpha value is -1.75. The number of carbonyl (C=O) groups is 1. The minimum Gasteiger partial charge on any atom is -0.454 e. The van der Waals surface area contributed by atoms with E-state index in [0.717, 1.165) is 18.4 Å². The van der Waals surface area contributed by atoms with Crippen molar-refractivity contribution in [1.29, 1.82) is 0 Å². The van der Waals surface area contributed by atoms with E-state index in [9.17, 15) is 4.79 Å². The van der Waals surface area contributed by atoms with Gasteiger partial charge in [-0.1, -0.05) is 6.07 Å². The molecule has 1 aliphatic carbocycles. The molecule has 17 heavy (non-hydrogen) atoms. The first kappa shape index (κ1) is 10.4. The first-order chi connectivity index (χ1) is 8.24. The van der Waals surface area contributed by atoms with E-state index in [-0.39, 0.29) is 12.7 Å². The maximum absolute atomic E-state index is 11.5. The molecule has 3 N–H and O–H groups in total. The summed E-state index contributed by atoms with van der Waals surface area (Å²) in [4.78, 5) is 11.5. The second kappa shape index (κ2) is 3.92. The Morgan fingerprint density at radius 3 is 2.82 bits per heavy atom. The molecule has 1 saturated carbocycles. The fraction of sp³-hybridized carbons (Fsp3) is 0.417. The largest absolute Gasteiger partial charge is 0.454 e. The van der Waals surface area contributed by atoms with Gasteiger partial charge in [0.2, 0.25) is 12.7 Å². The van der Waals surface area contributed by atoms with Crippen molar-refractivity contribution in [2.24, 2.45) is 5.73 Å². The summed E-state index contributed by atoms with van der Waals surface area (Å²) in [5, 5.41) is 3.23. The molecule has 3 rings (SSSR count). The van der Waals surface area contributed by atoms with Gasteiger partial charge < -0.3 is 15.2 Å². The zero-order valence-electron chi connectivity index (χ0n) is 9.31. The summed E-state index contributed by atoms with van der Waals surface area (Å²) in [6.07, 6.45) is 2.21. The van der Waals surface area contributed by atoms with Gasteiger partial charge in [0.1, 0.15) is 6.04 Å². The van der Waals surface area contributed by atoms with Gasteiger partial charge in [0, 0.05) is 6.04 Å². The lowest BCUT2D eigenvalue weighted by atomic mass is 10.1. The molecule has 1 atom stereocenters. The Kier molecular flexibility index (Phi) is 2.40. The van der Waals surface area contributed by atoms with Crippen LogP contribution < -0.4 is 20.5 Å². The second-order valence-corrected chi connectivity index (χ2v) is 4.39. The molecule has 0 saturated heterocycles. The van der Waals surface area contributed by atoms with Gasteiger partial charge in [-0.25, -0.2) is 0 Å². The molecule has 1 heterocycles. The smallest absolute Gasteiger partial charge is 0.239 e. The lowest BCUT2D eigenvalue weighted by molar-refractivity contribution is -0.120. The Morgan fingerprint density at radius 2 is 2.12 bits per heavy atom. The normalized spacial score (nSPS) is 19.1. The number of nitrogens with one attached hydrogen (secondary N) is 1. The van der Waals surface area contributed by atoms with Crippen LogP contribution in [-0.4, -0.2) is 18.7 Å². The highest BCUT2D eigenvalue weighted by atomic mass is 16.7. The molecular weight excluding hydrogens is 220 g/mol. The molecule has 5 nitrogen and oxygen atoms in total.